The summed E-state index contributed by atoms with van der Waals surface area (Å²) in [5.41, 5.74) is -0.0762. The van der Waals surface area contributed by atoms with Gasteiger partial charge in [-0.05, 0) is 31.2 Å². The first-order valence-corrected chi connectivity index (χ1v) is 11.7. The number of aliphatic hydroxyl groups excluding tert-OH is 1. The van der Waals surface area contributed by atoms with Crippen LogP contribution >= 0.6 is 0 Å². The van der Waals surface area contributed by atoms with Crippen molar-refractivity contribution in [2.24, 2.45) is 11.8 Å². The number of hydrogen-bond donors (Lipinski definition) is 3. The number of carbonyl (C=O) groups is 3. The van der Waals surface area contributed by atoms with E-state index in [1.807, 2.05) is 44.2 Å². The van der Waals surface area contributed by atoms with Crippen LogP contribution in [0, 0.1) is 11.8 Å². The zero-order valence-corrected chi connectivity index (χ0v) is 18.8. The molecule has 3 N–H and O–H groups in total. The summed E-state index contributed by atoms with van der Waals surface area (Å²) in [7, 11) is 0. The van der Waals surface area contributed by atoms with E-state index in [1.165, 1.54) is 4.90 Å². The fraction of sp³-hybridized carbons (Fsp3) is 0.625. The highest BCUT2D eigenvalue weighted by atomic mass is 16.5. The lowest BCUT2D eigenvalue weighted by atomic mass is 9.70. The second-order valence-electron chi connectivity index (χ2n) is 9.04. The number of likely N-dealkylation sites (tertiary alicyclic amines) is 1. The normalized spacial score (nSPS) is 31.5. The maximum absolute atomic E-state index is 13.7. The monoisotopic (exact) mass is 443 g/mol. The molecule has 3 amide bonds. The van der Waals surface area contributed by atoms with E-state index in [-0.39, 0.29) is 30.4 Å². The Morgan fingerprint density at radius 2 is 1.97 bits per heavy atom. The van der Waals surface area contributed by atoms with E-state index in [0.717, 1.165) is 12.0 Å². The lowest BCUT2D eigenvalue weighted by Gasteiger charge is -2.36. The molecule has 8 nitrogen and oxygen atoms in total. The van der Waals surface area contributed by atoms with E-state index < -0.39 is 29.5 Å². The number of amides is 3. The molecule has 1 aromatic rings. The lowest BCUT2D eigenvalue weighted by molar-refractivity contribution is -0.145. The highest BCUT2D eigenvalue weighted by Gasteiger charge is 2.74. The van der Waals surface area contributed by atoms with Crippen LogP contribution in [0.4, 0.5) is 0 Å². The number of rotatable bonds is 9. The number of carbonyl (C=O) groups excluding carboxylic acids is 3. The first-order chi connectivity index (χ1) is 15.5. The van der Waals surface area contributed by atoms with Crippen molar-refractivity contribution in [3.8, 4) is 0 Å². The van der Waals surface area contributed by atoms with Crippen LogP contribution in [0.1, 0.15) is 45.1 Å². The van der Waals surface area contributed by atoms with Crippen molar-refractivity contribution in [3.05, 3.63) is 35.9 Å². The van der Waals surface area contributed by atoms with Crippen LogP contribution in [0.3, 0.4) is 0 Å². The van der Waals surface area contributed by atoms with Crippen LogP contribution in [-0.4, -0.2) is 64.7 Å². The van der Waals surface area contributed by atoms with Gasteiger partial charge in [0.25, 0.3) is 0 Å². The van der Waals surface area contributed by atoms with Gasteiger partial charge in [0.1, 0.15) is 11.6 Å². The van der Waals surface area contributed by atoms with Crippen molar-refractivity contribution in [3.63, 3.8) is 0 Å². The topological polar surface area (TPSA) is 108 Å². The third kappa shape index (κ3) is 3.59. The predicted octanol–water partition coefficient (Wildman–Crippen LogP) is 0.975. The molecule has 3 fully saturated rings. The minimum atomic E-state index is -1.03. The van der Waals surface area contributed by atoms with Gasteiger partial charge >= 0.3 is 0 Å². The molecule has 1 spiro atoms. The van der Waals surface area contributed by atoms with Crippen molar-refractivity contribution < 1.29 is 24.2 Å². The molecule has 3 aliphatic rings. The van der Waals surface area contributed by atoms with Crippen molar-refractivity contribution in [1.29, 1.82) is 0 Å². The quantitative estimate of drug-likeness (QED) is 0.527. The number of nitrogens with one attached hydrogen (secondary N) is 2. The molecule has 0 aliphatic carbocycles. The van der Waals surface area contributed by atoms with Crippen molar-refractivity contribution >= 4 is 17.7 Å². The molecule has 0 saturated carbocycles. The summed E-state index contributed by atoms with van der Waals surface area (Å²) in [6.45, 7) is 4.47. The maximum atomic E-state index is 13.7. The Kier molecular flexibility index (Phi) is 6.53. The number of nitrogens with zero attached hydrogens (tertiary/aromatic N) is 1. The van der Waals surface area contributed by atoms with Gasteiger partial charge in [-0.1, -0.05) is 44.2 Å². The molecule has 32 heavy (non-hydrogen) atoms. The van der Waals surface area contributed by atoms with Crippen LogP contribution in [0.2, 0.25) is 0 Å². The van der Waals surface area contributed by atoms with E-state index in [9.17, 15) is 19.5 Å². The van der Waals surface area contributed by atoms with E-state index in [4.69, 9.17) is 4.74 Å². The molecule has 3 aliphatic heterocycles. The van der Waals surface area contributed by atoms with Gasteiger partial charge in [0, 0.05) is 13.1 Å². The van der Waals surface area contributed by atoms with Gasteiger partial charge in [-0.2, -0.15) is 0 Å². The Bertz CT molecular complexity index is 858. The minimum absolute atomic E-state index is 0.181. The average Bonchev–Trinajstić information content (AvgIpc) is 3.45. The third-order valence-corrected chi connectivity index (χ3v) is 7.22. The third-order valence-electron chi connectivity index (χ3n) is 7.22. The predicted molar refractivity (Wildman–Crippen MR) is 117 cm³/mol. The molecule has 4 rings (SSSR count). The Balaban J connectivity index is 1.65. The van der Waals surface area contributed by atoms with Crippen LogP contribution in [0.5, 0.6) is 0 Å². The number of hydrogen-bond acceptors (Lipinski definition) is 5. The van der Waals surface area contributed by atoms with Gasteiger partial charge in [0.15, 0.2) is 0 Å². The number of fused-ring (bicyclic) bond motifs is 1. The van der Waals surface area contributed by atoms with E-state index in [1.54, 1.807) is 0 Å². The smallest absolute Gasteiger partial charge is 0.246 e. The summed E-state index contributed by atoms with van der Waals surface area (Å²) in [4.78, 5) is 41.7. The zero-order valence-electron chi connectivity index (χ0n) is 18.8. The number of benzene rings is 1. The average molecular weight is 444 g/mol. The first kappa shape index (κ1) is 22.7. The SMILES string of the molecule is CCCNC(=O)[C@@H]1[C@H]2C(=O)N([C@@H](CC)CO)C(C(=O)NCc3ccccc3)C23CC[C@H]1O3. The van der Waals surface area contributed by atoms with Crippen LogP contribution in [-0.2, 0) is 25.7 Å². The Morgan fingerprint density at radius 3 is 2.62 bits per heavy atom. The molecule has 1 aromatic carbocycles. The summed E-state index contributed by atoms with van der Waals surface area (Å²) >= 11 is 0. The summed E-state index contributed by atoms with van der Waals surface area (Å²) in [5, 5.41) is 15.9. The highest BCUT2D eigenvalue weighted by Crippen LogP contribution is 2.58. The molecule has 0 aromatic heterocycles. The van der Waals surface area contributed by atoms with E-state index in [0.29, 0.717) is 32.4 Å². The van der Waals surface area contributed by atoms with Crippen molar-refractivity contribution in [1.82, 2.24) is 15.5 Å². The molecular weight excluding hydrogens is 410 g/mol. The Labute approximate surface area is 188 Å². The molecule has 2 unspecified atom stereocenters. The fourth-order valence-electron chi connectivity index (χ4n) is 5.75. The van der Waals surface area contributed by atoms with E-state index in [2.05, 4.69) is 10.6 Å². The second-order valence-corrected chi connectivity index (χ2v) is 9.04. The standard InChI is InChI=1S/C24H33N3O5/c1-3-12-25-21(29)18-17-10-11-24(32-17)19(18)23(31)27(16(4-2)14-28)20(24)22(30)26-13-15-8-6-5-7-9-15/h5-9,16-20,28H,3-4,10-14H2,1-2H3,(H,25,29)(H,26,30)/t16-,17+,18-,19-,20?,24?/m0/s1. The summed E-state index contributed by atoms with van der Waals surface area (Å²) in [6.07, 6.45) is 2.13. The summed E-state index contributed by atoms with van der Waals surface area (Å²) in [5.74, 6) is -2.05. The first-order valence-electron chi connectivity index (χ1n) is 11.7. The molecule has 3 saturated heterocycles. The van der Waals surface area contributed by atoms with Gasteiger partial charge in [-0.3, -0.25) is 14.4 Å². The van der Waals surface area contributed by atoms with Gasteiger partial charge in [0.2, 0.25) is 17.7 Å². The summed E-state index contributed by atoms with van der Waals surface area (Å²) in [6, 6.07) is 8.20. The molecule has 0 radical (unpaired) electrons. The Hall–Kier alpha value is -2.45. The lowest BCUT2D eigenvalue weighted by Crippen LogP contribution is -2.57. The molecule has 6 atom stereocenters. The molecule has 8 heteroatoms. The van der Waals surface area contributed by atoms with Crippen molar-refractivity contribution in [2.45, 2.75) is 69.9 Å². The Morgan fingerprint density at radius 1 is 1.22 bits per heavy atom. The van der Waals surface area contributed by atoms with Crippen LogP contribution in [0.25, 0.3) is 0 Å². The van der Waals surface area contributed by atoms with Gasteiger partial charge in [-0.25, -0.2) is 0 Å². The van der Waals surface area contributed by atoms with E-state index >= 15 is 0 Å². The second kappa shape index (κ2) is 9.19. The number of aliphatic hydroxyl groups is 1. The van der Waals surface area contributed by atoms with Crippen LogP contribution < -0.4 is 10.6 Å². The van der Waals surface area contributed by atoms with Gasteiger partial charge in [-0.15, -0.1) is 0 Å². The molecular formula is C24H33N3O5. The van der Waals surface area contributed by atoms with Crippen molar-refractivity contribution in [2.75, 3.05) is 13.2 Å². The molecule has 3 heterocycles. The maximum Gasteiger partial charge on any atom is 0.246 e. The molecule has 2 bridgehead atoms. The van der Waals surface area contributed by atoms with Crippen LogP contribution in [0.15, 0.2) is 30.3 Å². The number of ether oxygens (including phenoxy) is 1. The van der Waals surface area contributed by atoms with Gasteiger partial charge < -0.3 is 25.4 Å². The highest BCUT2D eigenvalue weighted by molar-refractivity contribution is 5.99. The largest absolute Gasteiger partial charge is 0.394 e. The molecule has 174 valence electrons. The summed E-state index contributed by atoms with van der Waals surface area (Å²) < 4.78 is 6.36. The van der Waals surface area contributed by atoms with Gasteiger partial charge in [0.05, 0.1) is 30.6 Å². The minimum Gasteiger partial charge on any atom is -0.394 e. The zero-order chi connectivity index (χ0) is 22.9. The fourth-order valence-corrected chi connectivity index (χ4v) is 5.75.